The Morgan fingerprint density at radius 3 is 1.13 bits per heavy atom. The van der Waals surface area contributed by atoms with E-state index in [0.29, 0.717) is 69.7 Å². The predicted octanol–water partition coefficient (Wildman–Crippen LogP) is 1.18. The van der Waals surface area contributed by atoms with Gasteiger partial charge >= 0.3 is 119 Å². The number of carbonyl (C=O) groups is 20. The van der Waals surface area contributed by atoms with E-state index < -0.39 is 145 Å². The second-order valence-corrected chi connectivity index (χ2v) is 23.9. The summed E-state index contributed by atoms with van der Waals surface area (Å²) in [6, 6.07) is 0. The SMILES string of the molecule is C.C.C=C1CC(OC(=O)/C=C/C(=O)OC)C(=O)N1C.CC(C)C(=O)OCOC(=O)/C=C/C(=O)OCC1CCC(=O)O1.COC(=O)/C=C/C(=O)OC[C@H]1CN(C)C(=O)O1.Cc1oc(=O)oc1COC(=O)/C=C/C(=O)OCC1CCC(=O)O1.O=C(/C=C/C(=O)OCC1CNC(=O)O1)OCC1CCC(=O)O1.O=C(O)/C=C/C(=O)OCC1CCC(=O)O1. The van der Waals surface area contributed by atoms with E-state index in [1.165, 1.54) is 30.9 Å². The number of nitrogens with zero attached hydrogens (tertiary/aromatic N) is 2. The topological polar surface area (TPSA) is 590 Å². The first-order valence-electron chi connectivity index (χ1n) is 34.3. The van der Waals surface area contributed by atoms with Gasteiger partial charge in [-0.25, -0.2) is 71.9 Å². The fourth-order valence-electron chi connectivity index (χ4n) is 8.49. The zero-order chi connectivity index (χ0) is 86.4. The fourth-order valence-corrected chi connectivity index (χ4v) is 8.49. The minimum absolute atomic E-state index is 0. The lowest BCUT2D eigenvalue weighted by Gasteiger charge is -2.09. The van der Waals surface area contributed by atoms with Crippen molar-refractivity contribution >= 4 is 120 Å². The van der Waals surface area contributed by atoms with Crippen LogP contribution in [-0.2, 0) is 178 Å². The Morgan fingerprint density at radius 1 is 0.466 bits per heavy atom. The van der Waals surface area contributed by atoms with Gasteiger partial charge in [-0.2, -0.15) is 0 Å². The molecule has 0 aromatic carbocycles. The number of carbonyl (C=O) groups excluding carboxylic acids is 19. The highest BCUT2D eigenvalue weighted by Crippen LogP contribution is 2.23. The van der Waals surface area contributed by atoms with Crippen LogP contribution in [0, 0.1) is 12.8 Å². The molecule has 0 aliphatic carbocycles. The van der Waals surface area contributed by atoms with Gasteiger partial charge in [-0.05, 0) is 32.6 Å². The van der Waals surface area contributed by atoms with Gasteiger partial charge < -0.3 is 114 Å². The van der Waals surface area contributed by atoms with Crippen molar-refractivity contribution in [2.75, 3.05) is 87.8 Å². The van der Waals surface area contributed by atoms with Crippen LogP contribution >= 0.6 is 0 Å². The molecule has 7 aliphatic heterocycles. The number of ether oxygens (including phenoxy) is 18. The van der Waals surface area contributed by atoms with Crippen molar-refractivity contribution in [1.82, 2.24) is 15.1 Å². The van der Waals surface area contributed by atoms with Gasteiger partial charge in [0.25, 0.3) is 5.91 Å². The predicted molar refractivity (Wildman–Crippen MR) is 383 cm³/mol. The number of likely N-dealkylation sites (tertiary alicyclic amines) is 1. The normalized spacial score (nSPS) is 19.3. The van der Waals surface area contributed by atoms with Gasteiger partial charge in [-0.1, -0.05) is 35.3 Å². The summed E-state index contributed by atoms with van der Waals surface area (Å²) in [6.45, 7) is 7.88. The number of aryl methyl sites for hydroxylation is 1. The average Bonchev–Trinajstić information content (AvgIpc) is 1.70. The van der Waals surface area contributed by atoms with Crippen LogP contribution in [0.5, 0.6) is 0 Å². The van der Waals surface area contributed by atoms with E-state index in [9.17, 15) is 101 Å². The van der Waals surface area contributed by atoms with Crippen LogP contribution in [0.2, 0.25) is 0 Å². The number of methoxy groups -OCH3 is 2. The number of esters is 16. The largest absolute Gasteiger partial charge is 0.519 e. The molecule has 0 saturated carbocycles. The molecule has 3 amide bonds. The summed E-state index contributed by atoms with van der Waals surface area (Å²) in [5.41, 5.74) is 0.588. The molecule has 6 unspecified atom stereocenters. The van der Waals surface area contributed by atoms with E-state index in [4.69, 9.17) is 66.7 Å². The Labute approximate surface area is 671 Å². The summed E-state index contributed by atoms with van der Waals surface area (Å²) in [5.74, 6) is -12.5. The Kier molecular flexibility index (Phi) is 47.5. The molecule has 1 aromatic rings. The maximum atomic E-state index is 11.5. The van der Waals surface area contributed by atoms with Gasteiger partial charge in [0.15, 0.2) is 36.4 Å². The number of cyclic esters (lactones) is 6. The summed E-state index contributed by atoms with van der Waals surface area (Å²) in [7, 11) is 5.54. The van der Waals surface area contributed by atoms with E-state index in [-0.39, 0.29) is 121 Å². The van der Waals surface area contributed by atoms with Crippen molar-refractivity contribution in [3.63, 3.8) is 0 Å². The first-order chi connectivity index (χ1) is 54.9. The van der Waals surface area contributed by atoms with Crippen molar-refractivity contribution in [1.29, 1.82) is 0 Å². The standard InChI is InChI=1S/C14H14O9.C14H18O8.C13H15NO8.C11H13NO5.C10H13NO6.C9H10O6.2CH4/c1-8-10(23-14(18)21-8)7-20-12(16)5-4-11(15)19-6-9-2-3-13(17)22-9;1-9(2)14(18)21-8-20-12(16)6-5-11(15)19-7-10-3-4-13(17)22-10;15-10(19-6-8-1-2-12(17)21-8)3-4-11(16)20-7-9-5-14-13(18)22-9;1-7-6-8(11(15)12(7)2)17-10(14)5-4-9(13)16-3;1-11-5-7(17-10(11)14)6-16-9(13)4-3-8(12)15-2;10-7(11)2-4-8(12)14-5-6-1-3-9(13)15-6;;/h4-5,9H,2-3,6-7H2,1H3;5-6,9-10H,3-4,7-8H2,1-2H3;3-4,8-9H,1-2,5-7H2,(H,14,18);4-5,8H,1,6H2,2-3H3;3-4,7H,5-6H2,1-2H3;2,4,6H,1,3,5H2,(H,10,11);2*1H4/b5-4+;6-5+;4-3+;5-4+;4-3+;4-2+;;/t;;;;7-;;;/m....1.../s1. The Bertz CT molecular complexity index is 3940. The molecule has 8 heterocycles. The lowest BCUT2D eigenvalue weighted by Crippen LogP contribution is -2.28. The highest BCUT2D eigenvalue weighted by molar-refractivity contribution is 5.96. The second kappa shape index (κ2) is 54.8. The molecule has 8 rings (SSSR count). The molecule has 7 atom stereocenters. The van der Waals surface area contributed by atoms with Crippen molar-refractivity contribution in [3.8, 4) is 0 Å². The number of amides is 3. The number of hydrogen-bond donors (Lipinski definition) is 2. The summed E-state index contributed by atoms with van der Waals surface area (Å²) < 4.78 is 94.3. The van der Waals surface area contributed by atoms with Gasteiger partial charge in [0.2, 0.25) is 6.79 Å². The zero-order valence-corrected chi connectivity index (χ0v) is 63.3. The summed E-state index contributed by atoms with van der Waals surface area (Å²) in [5, 5.41) is 10.6. The molecule has 7 fully saturated rings. The van der Waals surface area contributed by atoms with Crippen LogP contribution in [-0.4, -0.2) is 265 Å². The molecular formula is C73H91N3O42. The lowest BCUT2D eigenvalue weighted by atomic mass is 10.2. The molecule has 45 heteroatoms. The van der Waals surface area contributed by atoms with E-state index in [1.54, 1.807) is 27.9 Å². The van der Waals surface area contributed by atoms with Crippen LogP contribution in [0.15, 0.2) is 98.8 Å². The number of carboxylic acid groups (broad SMARTS) is 1. The molecule has 2 N–H and O–H groups in total. The highest BCUT2D eigenvalue weighted by Gasteiger charge is 2.36. The molecule has 1 aromatic heterocycles. The number of hydrogen-bond acceptors (Lipinski definition) is 41. The zero-order valence-electron chi connectivity index (χ0n) is 63.3. The van der Waals surface area contributed by atoms with Crippen molar-refractivity contribution in [2.45, 2.75) is 143 Å². The lowest BCUT2D eigenvalue weighted by molar-refractivity contribution is -0.167. The van der Waals surface area contributed by atoms with Crippen molar-refractivity contribution in [2.24, 2.45) is 5.92 Å². The Balaban J connectivity index is 0.000000710. The van der Waals surface area contributed by atoms with Gasteiger partial charge in [0, 0.05) is 125 Å². The van der Waals surface area contributed by atoms with Gasteiger partial charge in [-0.3, -0.25) is 28.8 Å². The molecule has 7 aliphatic rings. The molecular weight excluding hydrogens is 1590 g/mol. The minimum Gasteiger partial charge on any atom is -0.478 e. The molecule has 7 saturated heterocycles. The maximum Gasteiger partial charge on any atom is 0.519 e. The van der Waals surface area contributed by atoms with Crippen molar-refractivity contribution in [3.05, 3.63) is 107 Å². The van der Waals surface area contributed by atoms with Crippen LogP contribution in [0.4, 0.5) is 9.59 Å². The van der Waals surface area contributed by atoms with Crippen molar-refractivity contribution < 1.29 is 195 Å². The fraction of sp³-hybridized carbons (Fsp3) is 0.493. The second-order valence-electron chi connectivity index (χ2n) is 23.9. The Hall–Kier alpha value is -13.8. The molecule has 45 nitrogen and oxygen atoms in total. The number of rotatable bonds is 30. The third-order valence-corrected chi connectivity index (χ3v) is 14.5. The smallest absolute Gasteiger partial charge is 0.478 e. The Morgan fingerprint density at radius 2 is 0.822 bits per heavy atom. The van der Waals surface area contributed by atoms with Gasteiger partial charge in [0.05, 0.1) is 33.2 Å². The number of carboxylic acids is 1. The number of alkyl carbamates (subject to hydrolysis) is 1. The van der Waals surface area contributed by atoms with E-state index in [2.05, 4.69) is 44.4 Å². The quantitative estimate of drug-likeness (QED) is 0.0472. The third kappa shape index (κ3) is 44.0. The van der Waals surface area contributed by atoms with Crippen LogP contribution in [0.3, 0.4) is 0 Å². The monoisotopic (exact) mass is 1680 g/mol. The van der Waals surface area contributed by atoms with E-state index in [1.807, 2.05) is 0 Å². The summed E-state index contributed by atoms with van der Waals surface area (Å²) in [4.78, 5) is 234. The van der Waals surface area contributed by atoms with E-state index in [0.717, 1.165) is 66.8 Å². The number of nitrogens with one attached hydrogen (secondary N) is 1. The number of aliphatic carboxylic acids is 1. The molecule has 118 heavy (non-hydrogen) atoms. The van der Waals surface area contributed by atoms with Crippen LogP contribution in [0.25, 0.3) is 0 Å². The third-order valence-electron chi connectivity index (χ3n) is 14.5. The van der Waals surface area contributed by atoms with Crippen LogP contribution in [0.1, 0.15) is 98.0 Å². The summed E-state index contributed by atoms with van der Waals surface area (Å²) in [6.07, 6.45) is 9.50. The van der Waals surface area contributed by atoms with Crippen LogP contribution < -0.4 is 11.1 Å². The first-order valence-corrected chi connectivity index (χ1v) is 34.3. The molecule has 0 bridgehead atoms. The molecule has 0 radical (unpaired) electrons. The minimum atomic E-state index is -1.22. The average molecular weight is 1680 g/mol. The number of likely N-dealkylation sites (N-methyl/N-ethyl adjacent to an activating group) is 2. The van der Waals surface area contributed by atoms with Gasteiger partial charge in [-0.15, -0.1) is 0 Å². The van der Waals surface area contributed by atoms with E-state index >= 15 is 0 Å². The summed E-state index contributed by atoms with van der Waals surface area (Å²) >= 11 is 0. The molecule has 650 valence electrons. The highest BCUT2D eigenvalue weighted by atomic mass is 16.7. The maximum absolute atomic E-state index is 11.5. The molecule has 0 spiro atoms. The van der Waals surface area contributed by atoms with Gasteiger partial charge in [0.1, 0.15) is 64.1 Å². The first kappa shape index (κ1) is 102.